The minimum absolute atomic E-state index is 0. The van der Waals surface area contributed by atoms with Gasteiger partial charge in [-0.15, -0.1) is 12.4 Å². The Morgan fingerprint density at radius 1 is 1.35 bits per heavy atom. The molecule has 0 radical (unpaired) electrons. The smallest absolute Gasteiger partial charge is 0.321 e. The van der Waals surface area contributed by atoms with Crippen LogP contribution in [0.3, 0.4) is 0 Å². The summed E-state index contributed by atoms with van der Waals surface area (Å²) in [6.07, 6.45) is 2.96. The second-order valence-corrected chi connectivity index (χ2v) is 7.09. The fourth-order valence-corrected chi connectivity index (χ4v) is 3.09. The Morgan fingerprint density at radius 3 is 2.77 bits per heavy atom. The lowest BCUT2D eigenvalue weighted by molar-refractivity contribution is -0.122. The van der Waals surface area contributed by atoms with Gasteiger partial charge in [-0.1, -0.05) is 19.1 Å². The van der Waals surface area contributed by atoms with Crippen LogP contribution in [0.5, 0.6) is 0 Å². The van der Waals surface area contributed by atoms with Crippen molar-refractivity contribution in [2.45, 2.75) is 32.7 Å². The van der Waals surface area contributed by atoms with Crippen LogP contribution in [0.2, 0.25) is 0 Å². The predicted octanol–water partition coefficient (Wildman–Crippen LogP) is 2.84. The number of hydrogen-bond donors (Lipinski definition) is 3. The molecule has 0 aliphatic carbocycles. The van der Waals surface area contributed by atoms with E-state index in [1.54, 1.807) is 14.1 Å². The minimum Gasteiger partial charge on any atom is -0.352 e. The lowest BCUT2D eigenvalue weighted by atomic mass is 9.85. The van der Waals surface area contributed by atoms with Crippen molar-refractivity contribution in [2.24, 2.45) is 11.8 Å². The van der Waals surface area contributed by atoms with E-state index in [0.29, 0.717) is 24.8 Å². The van der Waals surface area contributed by atoms with Gasteiger partial charge in [-0.3, -0.25) is 4.79 Å². The van der Waals surface area contributed by atoms with Gasteiger partial charge in [0, 0.05) is 32.7 Å². The van der Waals surface area contributed by atoms with Crippen molar-refractivity contribution < 1.29 is 9.59 Å². The number of anilines is 1. The molecule has 3 amide bonds. The van der Waals surface area contributed by atoms with Crippen molar-refractivity contribution in [1.29, 1.82) is 0 Å². The van der Waals surface area contributed by atoms with Gasteiger partial charge in [-0.2, -0.15) is 0 Å². The maximum atomic E-state index is 12.2. The maximum Gasteiger partial charge on any atom is 0.321 e. The SMILES string of the molecule is CC(CC(=O)NCc1cccc(NC(=O)N(C)C)c1)C1CCCNC1.Cl. The van der Waals surface area contributed by atoms with Crippen LogP contribution in [0, 0.1) is 11.8 Å². The zero-order chi connectivity index (χ0) is 18.2. The lowest BCUT2D eigenvalue weighted by Crippen LogP contribution is -2.35. The Bertz CT molecular complexity index is 589. The van der Waals surface area contributed by atoms with Gasteiger partial charge in [0.05, 0.1) is 0 Å². The summed E-state index contributed by atoms with van der Waals surface area (Å²) in [6.45, 7) is 4.74. The first kappa shape index (κ1) is 22.3. The van der Waals surface area contributed by atoms with E-state index in [9.17, 15) is 9.59 Å². The number of benzene rings is 1. The van der Waals surface area contributed by atoms with Crippen molar-refractivity contribution in [3.05, 3.63) is 29.8 Å². The minimum atomic E-state index is -0.170. The number of nitrogens with one attached hydrogen (secondary N) is 3. The number of nitrogens with zero attached hydrogens (tertiary/aromatic N) is 1. The predicted molar refractivity (Wildman–Crippen MR) is 108 cm³/mol. The molecule has 0 bridgehead atoms. The highest BCUT2D eigenvalue weighted by atomic mass is 35.5. The lowest BCUT2D eigenvalue weighted by Gasteiger charge is -2.28. The third-order valence-corrected chi connectivity index (χ3v) is 4.72. The first-order chi connectivity index (χ1) is 12.0. The zero-order valence-electron chi connectivity index (χ0n) is 15.9. The van der Waals surface area contributed by atoms with Crippen molar-refractivity contribution in [3.63, 3.8) is 0 Å². The molecule has 2 unspecified atom stereocenters. The van der Waals surface area contributed by atoms with E-state index in [1.807, 2.05) is 24.3 Å². The average Bonchev–Trinajstić information content (AvgIpc) is 2.61. The molecule has 1 heterocycles. The van der Waals surface area contributed by atoms with Gasteiger partial charge in [-0.25, -0.2) is 4.79 Å². The van der Waals surface area contributed by atoms with E-state index in [4.69, 9.17) is 0 Å². The molecule has 6 nitrogen and oxygen atoms in total. The summed E-state index contributed by atoms with van der Waals surface area (Å²) in [7, 11) is 3.39. The van der Waals surface area contributed by atoms with Crippen LogP contribution < -0.4 is 16.0 Å². The largest absolute Gasteiger partial charge is 0.352 e. The van der Waals surface area contributed by atoms with Crippen LogP contribution in [0.15, 0.2) is 24.3 Å². The second-order valence-electron chi connectivity index (χ2n) is 7.09. The summed E-state index contributed by atoms with van der Waals surface area (Å²) >= 11 is 0. The van der Waals surface area contributed by atoms with E-state index >= 15 is 0 Å². The maximum absolute atomic E-state index is 12.2. The summed E-state index contributed by atoms with van der Waals surface area (Å²) in [6, 6.07) is 7.38. The Hall–Kier alpha value is -1.79. The molecule has 1 aliphatic heterocycles. The number of carbonyl (C=O) groups is 2. The summed E-state index contributed by atoms with van der Waals surface area (Å²) in [5.74, 6) is 1.06. The number of piperidine rings is 1. The normalized spacial score (nSPS) is 17.6. The second kappa shape index (κ2) is 11.0. The van der Waals surface area contributed by atoms with Crippen molar-refractivity contribution in [3.8, 4) is 0 Å². The van der Waals surface area contributed by atoms with Gasteiger partial charge in [0.25, 0.3) is 0 Å². The van der Waals surface area contributed by atoms with Crippen molar-refractivity contribution in [1.82, 2.24) is 15.5 Å². The summed E-state index contributed by atoms with van der Waals surface area (Å²) < 4.78 is 0. The third kappa shape index (κ3) is 7.22. The van der Waals surface area contributed by atoms with Crippen LogP contribution in [-0.4, -0.2) is 44.0 Å². The molecule has 0 saturated carbocycles. The Balaban J connectivity index is 0.00000338. The van der Waals surface area contributed by atoms with Crippen molar-refractivity contribution >= 4 is 30.0 Å². The molecule has 1 aromatic rings. The topological polar surface area (TPSA) is 73.5 Å². The fraction of sp³-hybridized carbons (Fsp3) is 0.579. The monoisotopic (exact) mass is 382 g/mol. The standard InChI is InChI=1S/C19H30N4O2.ClH/c1-14(16-7-5-9-20-13-16)10-18(24)21-12-15-6-4-8-17(11-15)22-19(25)23(2)3;/h4,6,8,11,14,16,20H,5,7,9-10,12-13H2,1-3H3,(H,21,24)(H,22,25);1H. The van der Waals surface area contributed by atoms with E-state index < -0.39 is 0 Å². The first-order valence-electron chi connectivity index (χ1n) is 9.00. The molecule has 26 heavy (non-hydrogen) atoms. The molecule has 1 saturated heterocycles. The van der Waals surface area contributed by atoms with E-state index in [0.717, 1.165) is 24.3 Å². The van der Waals surface area contributed by atoms with Gasteiger partial charge in [0.1, 0.15) is 0 Å². The average molecular weight is 383 g/mol. The van der Waals surface area contributed by atoms with Crippen LogP contribution in [0.25, 0.3) is 0 Å². The molecule has 0 aromatic heterocycles. The highest BCUT2D eigenvalue weighted by Gasteiger charge is 2.21. The Morgan fingerprint density at radius 2 is 2.12 bits per heavy atom. The molecule has 1 aromatic carbocycles. The number of halogens is 1. The number of rotatable bonds is 6. The summed E-state index contributed by atoms with van der Waals surface area (Å²) in [5, 5.41) is 9.21. The summed E-state index contributed by atoms with van der Waals surface area (Å²) in [4.78, 5) is 25.4. The first-order valence-corrected chi connectivity index (χ1v) is 9.00. The number of amides is 3. The fourth-order valence-electron chi connectivity index (χ4n) is 3.09. The van der Waals surface area contributed by atoms with Crippen LogP contribution >= 0.6 is 12.4 Å². The van der Waals surface area contributed by atoms with Gasteiger partial charge in [0.2, 0.25) is 5.91 Å². The Labute approximate surface area is 162 Å². The molecule has 0 spiro atoms. The quantitative estimate of drug-likeness (QED) is 0.708. The van der Waals surface area contributed by atoms with Crippen molar-refractivity contribution in [2.75, 3.05) is 32.5 Å². The molecule has 146 valence electrons. The molecular weight excluding hydrogens is 352 g/mol. The van der Waals surface area contributed by atoms with Gasteiger partial charge >= 0.3 is 6.03 Å². The molecule has 3 N–H and O–H groups in total. The highest BCUT2D eigenvalue weighted by molar-refractivity contribution is 5.89. The molecule has 2 atom stereocenters. The zero-order valence-corrected chi connectivity index (χ0v) is 16.7. The van der Waals surface area contributed by atoms with Crippen LogP contribution in [-0.2, 0) is 11.3 Å². The number of carbonyl (C=O) groups excluding carboxylic acids is 2. The van der Waals surface area contributed by atoms with Gasteiger partial charge < -0.3 is 20.9 Å². The van der Waals surface area contributed by atoms with Gasteiger partial charge in [-0.05, 0) is 55.5 Å². The molecular formula is C19H31ClN4O2. The van der Waals surface area contributed by atoms with Crippen LogP contribution in [0.4, 0.5) is 10.5 Å². The molecule has 1 aliphatic rings. The number of urea groups is 1. The van der Waals surface area contributed by atoms with E-state index in [-0.39, 0.29) is 24.3 Å². The Kier molecular flexibility index (Phi) is 9.44. The molecule has 1 fully saturated rings. The number of hydrogen-bond acceptors (Lipinski definition) is 3. The molecule has 7 heteroatoms. The highest BCUT2D eigenvalue weighted by Crippen LogP contribution is 2.22. The summed E-state index contributed by atoms with van der Waals surface area (Å²) in [5.41, 5.74) is 1.70. The van der Waals surface area contributed by atoms with Gasteiger partial charge in [0.15, 0.2) is 0 Å². The third-order valence-electron chi connectivity index (χ3n) is 4.72. The van der Waals surface area contributed by atoms with E-state index in [1.165, 1.54) is 17.7 Å². The molecule has 2 rings (SSSR count). The van der Waals surface area contributed by atoms with E-state index in [2.05, 4.69) is 22.9 Å². The van der Waals surface area contributed by atoms with Crippen LogP contribution in [0.1, 0.15) is 31.7 Å².